The average molecular weight is 436 g/mol. The van der Waals surface area contributed by atoms with Crippen molar-refractivity contribution < 1.29 is 28.5 Å². The highest BCUT2D eigenvalue weighted by Crippen LogP contribution is 2.54. The maximum atomic E-state index is 13.6. The molecule has 0 fully saturated rings. The van der Waals surface area contributed by atoms with Crippen LogP contribution in [0.3, 0.4) is 0 Å². The smallest absolute Gasteiger partial charge is 0.254 e. The van der Waals surface area contributed by atoms with Gasteiger partial charge in [0.05, 0.1) is 26.2 Å². The molecule has 164 valence electrons. The van der Waals surface area contributed by atoms with Crippen molar-refractivity contribution in [3.63, 3.8) is 0 Å². The van der Waals surface area contributed by atoms with E-state index in [2.05, 4.69) is 10.0 Å². The fourth-order valence-electron chi connectivity index (χ4n) is 4.78. The Morgan fingerprint density at radius 3 is 2.50 bits per heavy atom. The van der Waals surface area contributed by atoms with Crippen LogP contribution in [0.15, 0.2) is 29.4 Å². The SMILES string of the molecule is COc1cc2c(cc1OC)[C@H]1C(=O)c3cc4c(cc3[C@H]1N(CCCN=[N+]=[N-])C2=O)OCO4. The number of hydrogen-bond acceptors (Lipinski definition) is 7. The van der Waals surface area contributed by atoms with Gasteiger partial charge in [-0.15, -0.1) is 0 Å². The molecule has 32 heavy (non-hydrogen) atoms. The van der Waals surface area contributed by atoms with E-state index in [1.807, 2.05) is 0 Å². The molecule has 0 aromatic heterocycles. The predicted octanol–water partition coefficient (Wildman–Crippen LogP) is 3.61. The van der Waals surface area contributed by atoms with Crippen molar-refractivity contribution in [2.24, 2.45) is 5.11 Å². The zero-order chi connectivity index (χ0) is 22.4. The molecule has 0 saturated carbocycles. The number of ketones is 1. The Hall–Kier alpha value is -3.91. The molecule has 3 aliphatic rings. The lowest BCUT2D eigenvalue weighted by atomic mass is 9.82. The van der Waals surface area contributed by atoms with Gasteiger partial charge in [-0.3, -0.25) is 9.59 Å². The summed E-state index contributed by atoms with van der Waals surface area (Å²) in [7, 11) is 3.01. The Morgan fingerprint density at radius 1 is 1.06 bits per heavy atom. The summed E-state index contributed by atoms with van der Waals surface area (Å²) in [5.41, 5.74) is 10.8. The van der Waals surface area contributed by atoms with Crippen LogP contribution in [0.1, 0.15) is 50.2 Å². The largest absolute Gasteiger partial charge is 0.493 e. The van der Waals surface area contributed by atoms with Crippen molar-refractivity contribution in [1.82, 2.24) is 4.90 Å². The van der Waals surface area contributed by atoms with Gasteiger partial charge in [-0.05, 0) is 47.3 Å². The minimum atomic E-state index is -0.598. The van der Waals surface area contributed by atoms with Crippen molar-refractivity contribution in [2.45, 2.75) is 18.4 Å². The van der Waals surface area contributed by atoms with Crippen molar-refractivity contribution >= 4 is 11.7 Å². The van der Waals surface area contributed by atoms with Crippen LogP contribution in [-0.2, 0) is 0 Å². The Kier molecular flexibility index (Phi) is 4.79. The molecule has 1 amide bonds. The third-order valence-electron chi connectivity index (χ3n) is 6.17. The summed E-state index contributed by atoms with van der Waals surface area (Å²) < 4.78 is 21.8. The van der Waals surface area contributed by atoms with E-state index >= 15 is 0 Å². The lowest BCUT2D eigenvalue weighted by Crippen LogP contribution is -2.42. The number of methoxy groups -OCH3 is 2. The Morgan fingerprint density at radius 2 is 1.78 bits per heavy atom. The lowest BCUT2D eigenvalue weighted by molar-refractivity contribution is 0.0605. The van der Waals surface area contributed by atoms with E-state index in [0.717, 1.165) is 5.56 Å². The second kappa shape index (κ2) is 7.65. The first-order valence-electron chi connectivity index (χ1n) is 10.1. The van der Waals surface area contributed by atoms with Crippen molar-refractivity contribution in [3.8, 4) is 23.0 Å². The molecule has 0 N–H and O–H groups in total. The van der Waals surface area contributed by atoms with E-state index in [-0.39, 0.29) is 25.0 Å². The van der Waals surface area contributed by atoms with E-state index in [4.69, 9.17) is 24.5 Å². The first-order valence-corrected chi connectivity index (χ1v) is 10.1. The van der Waals surface area contributed by atoms with Crippen molar-refractivity contribution in [2.75, 3.05) is 34.1 Å². The van der Waals surface area contributed by atoms with Crippen LogP contribution in [0.25, 0.3) is 10.4 Å². The quantitative estimate of drug-likeness (QED) is 0.295. The molecule has 0 bridgehead atoms. The van der Waals surface area contributed by atoms with Crippen molar-refractivity contribution in [1.29, 1.82) is 0 Å². The summed E-state index contributed by atoms with van der Waals surface area (Å²) in [5.74, 6) is 1.02. The summed E-state index contributed by atoms with van der Waals surface area (Å²) in [5, 5.41) is 3.57. The third kappa shape index (κ3) is 2.84. The molecule has 10 nitrogen and oxygen atoms in total. The molecule has 0 radical (unpaired) electrons. The molecule has 2 aliphatic heterocycles. The van der Waals surface area contributed by atoms with Gasteiger partial charge in [0, 0.05) is 29.1 Å². The number of nitrogens with zero attached hydrogens (tertiary/aromatic N) is 4. The summed E-state index contributed by atoms with van der Waals surface area (Å²) in [6.45, 7) is 0.668. The van der Waals surface area contributed by atoms with Crippen LogP contribution in [0.2, 0.25) is 0 Å². The number of amides is 1. The molecular formula is C22H20N4O6. The number of carbonyl (C=O) groups excluding carboxylic acids is 2. The maximum Gasteiger partial charge on any atom is 0.254 e. The molecule has 2 aromatic carbocycles. The number of hydrogen-bond donors (Lipinski definition) is 0. The van der Waals surface area contributed by atoms with Gasteiger partial charge in [-0.25, -0.2) is 0 Å². The Bertz CT molecular complexity index is 1190. The third-order valence-corrected chi connectivity index (χ3v) is 6.17. The van der Waals surface area contributed by atoms with E-state index in [1.54, 1.807) is 29.2 Å². The summed E-state index contributed by atoms with van der Waals surface area (Å²) in [6.07, 6.45) is 0.468. The van der Waals surface area contributed by atoms with Crippen LogP contribution in [0, 0.1) is 0 Å². The highest BCUT2D eigenvalue weighted by Gasteiger charge is 2.51. The molecule has 0 saturated heterocycles. The molecule has 2 heterocycles. The van der Waals surface area contributed by atoms with Gasteiger partial charge in [0.1, 0.15) is 0 Å². The highest BCUT2D eigenvalue weighted by molar-refractivity contribution is 6.11. The van der Waals surface area contributed by atoms with E-state index in [0.29, 0.717) is 52.7 Å². The number of carbonyl (C=O) groups is 2. The zero-order valence-electron chi connectivity index (χ0n) is 17.5. The van der Waals surface area contributed by atoms with Crippen LogP contribution in [0.5, 0.6) is 23.0 Å². The van der Waals surface area contributed by atoms with Crippen LogP contribution >= 0.6 is 0 Å². The number of azide groups is 1. The van der Waals surface area contributed by atoms with Crippen LogP contribution in [0.4, 0.5) is 0 Å². The average Bonchev–Trinajstić information content (AvgIpc) is 3.38. The highest BCUT2D eigenvalue weighted by atomic mass is 16.7. The summed E-state index contributed by atoms with van der Waals surface area (Å²) >= 11 is 0. The Labute approximate surface area is 183 Å². The fraction of sp³-hybridized carbons (Fsp3) is 0.364. The lowest BCUT2D eigenvalue weighted by Gasteiger charge is -2.39. The van der Waals surface area contributed by atoms with Gasteiger partial charge >= 0.3 is 0 Å². The molecule has 1 aliphatic carbocycles. The molecular weight excluding hydrogens is 416 g/mol. The minimum absolute atomic E-state index is 0.0924. The molecule has 2 atom stereocenters. The van der Waals surface area contributed by atoms with Crippen molar-refractivity contribution in [3.05, 3.63) is 57.0 Å². The minimum Gasteiger partial charge on any atom is -0.493 e. The number of fused-ring (bicyclic) bond motifs is 6. The predicted molar refractivity (Wildman–Crippen MR) is 112 cm³/mol. The standard InChI is InChI=1S/C22H20N4O6/c1-29-15-6-11-14(9-16(15)30-2)22(28)26(5-3-4-24-25-23)20-12-7-17-18(32-10-31-17)8-13(12)21(27)19(11)20/h6-9,19-20H,3-5,10H2,1-2H3/t19-,20-/m1/s1. The van der Waals surface area contributed by atoms with Gasteiger partial charge in [0.15, 0.2) is 28.8 Å². The molecule has 10 heteroatoms. The Balaban J connectivity index is 1.67. The van der Waals surface area contributed by atoms with Gasteiger partial charge < -0.3 is 23.8 Å². The summed E-state index contributed by atoms with van der Waals surface area (Å²) in [6, 6.07) is 6.32. The van der Waals surface area contributed by atoms with Gasteiger partial charge in [0.2, 0.25) is 6.79 Å². The van der Waals surface area contributed by atoms with Gasteiger partial charge in [0.25, 0.3) is 5.91 Å². The number of benzene rings is 2. The van der Waals surface area contributed by atoms with E-state index in [9.17, 15) is 9.59 Å². The van der Waals surface area contributed by atoms with Crippen LogP contribution in [-0.4, -0.2) is 50.7 Å². The number of ether oxygens (including phenoxy) is 4. The first-order chi connectivity index (χ1) is 15.6. The van der Waals surface area contributed by atoms with Gasteiger partial charge in [-0.2, -0.15) is 0 Å². The second-order valence-electron chi connectivity index (χ2n) is 7.68. The monoisotopic (exact) mass is 436 g/mol. The molecule has 0 spiro atoms. The second-order valence-corrected chi connectivity index (χ2v) is 7.68. The zero-order valence-corrected chi connectivity index (χ0v) is 17.5. The normalized spacial score (nSPS) is 19.8. The van der Waals surface area contributed by atoms with E-state index in [1.165, 1.54) is 14.2 Å². The summed E-state index contributed by atoms with van der Waals surface area (Å²) in [4.78, 5) is 31.7. The molecule has 5 rings (SSSR count). The number of Topliss-reactive ketones (excluding diaryl/α,β-unsaturated/α-hetero) is 1. The first kappa shape index (κ1) is 20.0. The van der Waals surface area contributed by atoms with E-state index < -0.39 is 12.0 Å². The fourth-order valence-corrected chi connectivity index (χ4v) is 4.78. The number of rotatable bonds is 6. The van der Waals surface area contributed by atoms with Crippen LogP contribution < -0.4 is 18.9 Å². The molecule has 2 aromatic rings. The topological polar surface area (TPSA) is 123 Å². The van der Waals surface area contributed by atoms with Gasteiger partial charge in [-0.1, -0.05) is 5.11 Å². The maximum absolute atomic E-state index is 13.6. The molecule has 0 unspecified atom stereocenters.